The highest BCUT2D eigenvalue weighted by Gasteiger charge is 2.23. The third-order valence-electron chi connectivity index (χ3n) is 4.02. The van der Waals surface area contributed by atoms with Gasteiger partial charge in [0.05, 0.1) is 12.3 Å². The molecule has 120 valence electrons. The summed E-state index contributed by atoms with van der Waals surface area (Å²) in [7, 11) is 0.0868. The predicted octanol–water partition coefficient (Wildman–Crippen LogP) is 0.414. The van der Waals surface area contributed by atoms with Crippen LogP contribution in [0.25, 0.3) is 0 Å². The van der Waals surface area contributed by atoms with Crippen molar-refractivity contribution in [2.75, 3.05) is 32.9 Å². The van der Waals surface area contributed by atoms with Crippen molar-refractivity contribution in [3.05, 3.63) is 12.7 Å². The van der Waals surface area contributed by atoms with Gasteiger partial charge < -0.3 is 0 Å². The fourth-order valence-corrected chi connectivity index (χ4v) is 3.60. The van der Waals surface area contributed by atoms with Crippen molar-refractivity contribution >= 4 is 10.0 Å². The fourth-order valence-electron chi connectivity index (χ4n) is 2.74. The first kappa shape index (κ1) is 16.4. The van der Waals surface area contributed by atoms with Crippen LogP contribution in [0, 0.1) is 0 Å². The summed E-state index contributed by atoms with van der Waals surface area (Å²) in [6, 6.07) is 0.433. The normalized spacial score (nSPS) is 21.0. The molecule has 0 aliphatic carbocycles. The zero-order chi connectivity index (χ0) is 15.3. The van der Waals surface area contributed by atoms with E-state index in [-0.39, 0.29) is 5.75 Å². The molecule has 7 nitrogen and oxygen atoms in total. The Hall–Kier alpha value is -0.990. The van der Waals surface area contributed by atoms with Crippen LogP contribution in [0.5, 0.6) is 0 Å². The molecule has 1 aliphatic rings. The van der Waals surface area contributed by atoms with Crippen molar-refractivity contribution in [1.29, 1.82) is 0 Å². The number of likely N-dealkylation sites (tertiary alicyclic amines) is 1. The van der Waals surface area contributed by atoms with Gasteiger partial charge in [0.1, 0.15) is 12.7 Å². The highest BCUT2D eigenvalue weighted by molar-refractivity contribution is 7.89. The van der Waals surface area contributed by atoms with Gasteiger partial charge in [-0.05, 0) is 32.4 Å². The first-order chi connectivity index (χ1) is 9.99. The zero-order valence-corrected chi connectivity index (χ0v) is 13.7. The monoisotopic (exact) mass is 315 g/mol. The molecule has 1 atom stereocenters. The molecule has 2 heterocycles. The second-order valence-electron chi connectivity index (χ2n) is 5.76. The summed E-state index contributed by atoms with van der Waals surface area (Å²) in [4.78, 5) is 6.37. The van der Waals surface area contributed by atoms with Gasteiger partial charge in [-0.1, -0.05) is 6.42 Å². The van der Waals surface area contributed by atoms with Gasteiger partial charge in [0, 0.05) is 20.1 Å². The Morgan fingerprint density at radius 1 is 1.33 bits per heavy atom. The molecule has 0 radical (unpaired) electrons. The maximum Gasteiger partial charge on any atom is 0.213 e. The van der Waals surface area contributed by atoms with Gasteiger partial charge in [-0.3, -0.25) is 9.58 Å². The van der Waals surface area contributed by atoms with Crippen molar-refractivity contribution in [2.45, 2.75) is 38.3 Å². The molecule has 0 N–H and O–H groups in total. The molecule has 0 amide bonds. The summed E-state index contributed by atoms with van der Waals surface area (Å²) in [5.74, 6) is 0.215. The van der Waals surface area contributed by atoms with Crippen LogP contribution >= 0.6 is 0 Å². The lowest BCUT2D eigenvalue weighted by molar-refractivity contribution is 0.130. The van der Waals surface area contributed by atoms with Gasteiger partial charge in [-0.2, -0.15) is 5.10 Å². The van der Waals surface area contributed by atoms with Crippen LogP contribution in [0.4, 0.5) is 0 Å². The lowest BCUT2D eigenvalue weighted by Gasteiger charge is -2.35. The molecule has 1 saturated heterocycles. The Kier molecular flexibility index (Phi) is 5.72. The van der Waals surface area contributed by atoms with Gasteiger partial charge in [0.15, 0.2) is 0 Å². The van der Waals surface area contributed by atoms with E-state index in [1.807, 2.05) is 4.68 Å². The van der Waals surface area contributed by atoms with Crippen molar-refractivity contribution in [1.82, 2.24) is 24.0 Å². The third kappa shape index (κ3) is 4.76. The standard InChI is InChI=1S/C13H25N5O2S/c1-16(2)21(19,20)9-5-8-17-7-4-3-6-13(17)10-18-12-14-11-15-18/h11-13H,3-10H2,1-2H3/t13-/m0/s1. The van der Waals surface area contributed by atoms with E-state index >= 15 is 0 Å². The van der Waals surface area contributed by atoms with E-state index in [9.17, 15) is 8.42 Å². The van der Waals surface area contributed by atoms with E-state index in [0.717, 1.165) is 26.1 Å². The topological polar surface area (TPSA) is 71.3 Å². The molecule has 0 saturated carbocycles. The quantitative estimate of drug-likeness (QED) is 0.729. The summed E-state index contributed by atoms with van der Waals surface area (Å²) < 4.78 is 26.8. The maximum atomic E-state index is 11.8. The van der Waals surface area contributed by atoms with Gasteiger partial charge >= 0.3 is 0 Å². The summed E-state index contributed by atoms with van der Waals surface area (Å²) in [6.07, 6.45) is 7.52. The Morgan fingerprint density at radius 3 is 2.81 bits per heavy atom. The van der Waals surface area contributed by atoms with E-state index in [2.05, 4.69) is 15.0 Å². The fraction of sp³-hybridized carbons (Fsp3) is 0.846. The van der Waals surface area contributed by atoms with Crippen LogP contribution in [-0.4, -0.2) is 71.4 Å². The van der Waals surface area contributed by atoms with Gasteiger partial charge in [0.2, 0.25) is 10.0 Å². The summed E-state index contributed by atoms with van der Waals surface area (Å²) in [6.45, 7) is 2.70. The average molecular weight is 315 g/mol. The number of piperidine rings is 1. The Morgan fingerprint density at radius 2 is 2.14 bits per heavy atom. The molecule has 0 spiro atoms. The van der Waals surface area contributed by atoms with Crippen LogP contribution in [0.3, 0.4) is 0 Å². The molecular formula is C13H25N5O2S. The molecule has 1 aromatic heterocycles. The smallest absolute Gasteiger partial charge is 0.213 e. The Labute approximate surface area is 127 Å². The molecule has 0 aromatic carbocycles. The lowest BCUT2D eigenvalue weighted by atomic mass is 10.0. The molecule has 8 heteroatoms. The second kappa shape index (κ2) is 7.33. The van der Waals surface area contributed by atoms with E-state index in [4.69, 9.17) is 0 Å². The van der Waals surface area contributed by atoms with Crippen LogP contribution in [0.1, 0.15) is 25.7 Å². The highest BCUT2D eigenvalue weighted by Crippen LogP contribution is 2.18. The second-order valence-corrected chi connectivity index (χ2v) is 8.06. The average Bonchev–Trinajstić information content (AvgIpc) is 2.93. The van der Waals surface area contributed by atoms with Crippen molar-refractivity contribution < 1.29 is 8.42 Å². The van der Waals surface area contributed by atoms with Crippen molar-refractivity contribution in [2.24, 2.45) is 0 Å². The SMILES string of the molecule is CN(C)S(=O)(=O)CCCN1CCCC[C@H]1Cn1cncn1. The number of aromatic nitrogens is 3. The predicted molar refractivity (Wildman–Crippen MR) is 81.3 cm³/mol. The summed E-state index contributed by atoms with van der Waals surface area (Å²) >= 11 is 0. The zero-order valence-electron chi connectivity index (χ0n) is 12.8. The van der Waals surface area contributed by atoms with Crippen LogP contribution < -0.4 is 0 Å². The van der Waals surface area contributed by atoms with Crippen molar-refractivity contribution in [3.8, 4) is 0 Å². The molecule has 1 fully saturated rings. The van der Waals surface area contributed by atoms with Crippen LogP contribution in [0.2, 0.25) is 0 Å². The number of rotatable bonds is 7. The first-order valence-corrected chi connectivity index (χ1v) is 9.06. The molecule has 0 bridgehead atoms. The Balaban J connectivity index is 1.84. The molecule has 0 unspecified atom stereocenters. The minimum atomic E-state index is -3.09. The minimum absolute atomic E-state index is 0.215. The van der Waals surface area contributed by atoms with E-state index in [1.165, 1.54) is 17.1 Å². The van der Waals surface area contributed by atoms with E-state index in [0.29, 0.717) is 12.5 Å². The van der Waals surface area contributed by atoms with Gasteiger partial charge in [-0.15, -0.1) is 0 Å². The molecule has 21 heavy (non-hydrogen) atoms. The molecular weight excluding hydrogens is 290 g/mol. The lowest BCUT2D eigenvalue weighted by Crippen LogP contribution is -2.43. The van der Waals surface area contributed by atoms with E-state index < -0.39 is 10.0 Å². The summed E-state index contributed by atoms with van der Waals surface area (Å²) in [5.41, 5.74) is 0. The molecule has 2 rings (SSSR count). The summed E-state index contributed by atoms with van der Waals surface area (Å²) in [5, 5.41) is 4.16. The van der Waals surface area contributed by atoms with Crippen molar-refractivity contribution in [3.63, 3.8) is 0 Å². The van der Waals surface area contributed by atoms with Crippen LogP contribution in [-0.2, 0) is 16.6 Å². The van der Waals surface area contributed by atoms with Gasteiger partial charge in [-0.25, -0.2) is 17.7 Å². The number of sulfonamides is 1. The largest absolute Gasteiger partial charge is 0.299 e. The number of hydrogen-bond acceptors (Lipinski definition) is 5. The third-order valence-corrected chi connectivity index (χ3v) is 5.93. The van der Waals surface area contributed by atoms with E-state index in [1.54, 1.807) is 26.7 Å². The maximum absolute atomic E-state index is 11.8. The van der Waals surface area contributed by atoms with Crippen LogP contribution in [0.15, 0.2) is 12.7 Å². The first-order valence-electron chi connectivity index (χ1n) is 7.46. The van der Waals surface area contributed by atoms with Gasteiger partial charge in [0.25, 0.3) is 0 Å². The molecule has 1 aromatic rings. The highest BCUT2D eigenvalue weighted by atomic mass is 32.2. The Bertz CT molecular complexity index is 515. The molecule has 1 aliphatic heterocycles. The minimum Gasteiger partial charge on any atom is -0.299 e. The number of nitrogens with zero attached hydrogens (tertiary/aromatic N) is 5. The number of hydrogen-bond donors (Lipinski definition) is 0.